The number of allylic oxidation sites excluding steroid dienone is 15. The lowest BCUT2D eigenvalue weighted by Gasteiger charge is -2.30. The average molecular weight is 1150 g/mol. The molecule has 0 rings (SSSR count). The number of amides is 1. The number of carbonyl (C=O) groups excluding carboxylic acids is 2. The van der Waals surface area contributed by atoms with Crippen molar-refractivity contribution in [1.29, 1.82) is 0 Å². The molecule has 0 fully saturated rings. The van der Waals surface area contributed by atoms with Gasteiger partial charge in [0.25, 0.3) is 7.82 Å². The van der Waals surface area contributed by atoms with Gasteiger partial charge in [-0.25, -0.2) is 0 Å². The highest BCUT2D eigenvalue weighted by molar-refractivity contribution is 7.45. The maximum absolute atomic E-state index is 13.6. The number of esters is 1. The second-order valence-corrected chi connectivity index (χ2v) is 25.0. The Kier molecular flexibility index (Phi) is 57.8. The number of likely N-dealkylation sites (N-methyl/N-ethyl adjacent to an activating group) is 1. The van der Waals surface area contributed by atoms with Gasteiger partial charge in [0.15, 0.2) is 0 Å². The molecule has 0 aliphatic heterocycles. The van der Waals surface area contributed by atoms with Gasteiger partial charge in [-0.3, -0.25) is 14.2 Å². The Morgan fingerprint density at radius 3 is 1.15 bits per heavy atom. The van der Waals surface area contributed by atoms with E-state index in [0.29, 0.717) is 23.9 Å². The molecule has 3 unspecified atom stereocenters. The van der Waals surface area contributed by atoms with Crippen molar-refractivity contribution in [2.75, 3.05) is 40.9 Å². The maximum atomic E-state index is 13.6. The molecule has 0 heterocycles. The summed E-state index contributed by atoms with van der Waals surface area (Å²) in [4.78, 5) is 40.1. The molecule has 0 aliphatic carbocycles. The SMILES string of the molecule is CCCCC/C=C\C/C=C\C/C=C\C/C=C\CCCCCCCC(=O)OC(/C=C/CCCCCCCCCCCCC)C(COP(=O)([O-])OCC[N+](C)(C)C)NC(=O)CCCCCCCCCC/C=C\C/C=C\C/C=C\CCCCC. The molecule has 0 aromatic heterocycles. The van der Waals surface area contributed by atoms with Gasteiger partial charge in [-0.05, 0) is 115 Å². The van der Waals surface area contributed by atoms with Gasteiger partial charge in [0.1, 0.15) is 19.3 Å². The van der Waals surface area contributed by atoms with Crippen LogP contribution in [-0.2, 0) is 27.9 Å². The van der Waals surface area contributed by atoms with E-state index in [0.717, 1.165) is 116 Å². The lowest BCUT2D eigenvalue weighted by Crippen LogP contribution is -2.47. The summed E-state index contributed by atoms with van der Waals surface area (Å²) in [5, 5.41) is 3.03. The van der Waals surface area contributed by atoms with Crippen molar-refractivity contribution in [2.45, 2.75) is 303 Å². The van der Waals surface area contributed by atoms with E-state index in [1.807, 2.05) is 33.3 Å². The first kappa shape index (κ1) is 77.9. The molecule has 81 heavy (non-hydrogen) atoms. The fourth-order valence-corrected chi connectivity index (χ4v) is 10.0. The summed E-state index contributed by atoms with van der Waals surface area (Å²) in [6.07, 6.45) is 80.8. The number of unbranched alkanes of at least 4 members (excludes halogenated alkanes) is 30. The summed E-state index contributed by atoms with van der Waals surface area (Å²) in [5.41, 5.74) is 0. The monoisotopic (exact) mass is 1150 g/mol. The molecular weight excluding hydrogens is 1020 g/mol. The van der Waals surface area contributed by atoms with Crippen molar-refractivity contribution in [3.8, 4) is 0 Å². The lowest BCUT2D eigenvalue weighted by atomic mass is 10.0. The van der Waals surface area contributed by atoms with E-state index >= 15 is 0 Å². The Hall–Kier alpha value is -3.07. The van der Waals surface area contributed by atoms with Crippen molar-refractivity contribution in [2.24, 2.45) is 0 Å². The highest BCUT2D eigenvalue weighted by Crippen LogP contribution is 2.38. The van der Waals surface area contributed by atoms with Crippen LogP contribution in [0.5, 0.6) is 0 Å². The van der Waals surface area contributed by atoms with Gasteiger partial charge in [-0.1, -0.05) is 260 Å². The van der Waals surface area contributed by atoms with Crippen LogP contribution in [0.3, 0.4) is 0 Å². The summed E-state index contributed by atoms with van der Waals surface area (Å²) in [6.45, 7) is 6.78. The Balaban J connectivity index is 5.27. The molecule has 0 spiro atoms. The number of hydrogen-bond donors (Lipinski definition) is 1. The Morgan fingerprint density at radius 2 is 0.753 bits per heavy atom. The van der Waals surface area contributed by atoms with E-state index in [2.05, 4.69) is 111 Å². The van der Waals surface area contributed by atoms with Crippen molar-refractivity contribution in [3.05, 3.63) is 97.2 Å². The zero-order valence-electron chi connectivity index (χ0n) is 53.5. The van der Waals surface area contributed by atoms with Crippen molar-refractivity contribution < 1.29 is 37.3 Å². The Labute approximate surface area is 500 Å². The molecule has 0 aliphatic rings. The normalized spacial score (nSPS) is 14.2. The number of hydrogen-bond acceptors (Lipinski definition) is 7. The number of phosphoric ester groups is 1. The van der Waals surface area contributed by atoms with Crippen LogP contribution in [0.25, 0.3) is 0 Å². The van der Waals surface area contributed by atoms with E-state index in [-0.39, 0.29) is 24.9 Å². The third-order valence-corrected chi connectivity index (χ3v) is 15.5. The number of ether oxygens (including phenoxy) is 1. The highest BCUT2D eigenvalue weighted by Gasteiger charge is 2.27. The molecule has 0 aromatic rings. The van der Waals surface area contributed by atoms with Crippen LogP contribution < -0.4 is 10.2 Å². The molecule has 0 saturated heterocycles. The van der Waals surface area contributed by atoms with Gasteiger partial charge in [0, 0.05) is 12.8 Å². The number of nitrogens with zero attached hydrogens (tertiary/aromatic N) is 1. The third-order valence-electron chi connectivity index (χ3n) is 14.5. The molecule has 9 nitrogen and oxygen atoms in total. The molecule has 1 N–H and O–H groups in total. The quantitative estimate of drug-likeness (QED) is 0.0212. The van der Waals surface area contributed by atoms with Gasteiger partial charge < -0.3 is 28.5 Å². The van der Waals surface area contributed by atoms with Crippen LogP contribution in [0.2, 0.25) is 0 Å². The Bertz CT molecular complexity index is 1710. The number of quaternary nitrogens is 1. The standard InChI is InChI=1S/C71H127N2O7P/c1-7-10-13-16-19-22-25-28-30-32-34-36-38-40-42-45-48-51-54-57-60-63-70(74)72-68(67-79-81(76,77)78-66-65-73(4,5)6)69(62-59-56-53-50-47-44-27-24-21-18-15-12-9-3)80-71(75)64-61-58-55-52-49-46-43-41-39-37-35-33-31-29-26-23-20-17-14-11-8-2/h19-20,22-23,28-31,34-37,41,43,59,62,68-69H,7-18,21,24-27,32-33,38-40,42,44-58,60-61,63-67H2,1-6H3,(H-,72,74,76,77)/b22-19-,23-20-,30-28-,31-29-,36-34-,37-35-,43-41-,62-59+. The summed E-state index contributed by atoms with van der Waals surface area (Å²) in [7, 11) is 1.16. The predicted molar refractivity (Wildman–Crippen MR) is 348 cm³/mol. The highest BCUT2D eigenvalue weighted by atomic mass is 31.2. The van der Waals surface area contributed by atoms with Crippen LogP contribution in [0.4, 0.5) is 0 Å². The first-order valence-electron chi connectivity index (χ1n) is 33.5. The van der Waals surface area contributed by atoms with Crippen LogP contribution in [-0.4, -0.2) is 69.4 Å². The average Bonchev–Trinajstić information content (AvgIpc) is 3.44. The van der Waals surface area contributed by atoms with Crippen LogP contribution in [0, 0.1) is 0 Å². The molecule has 0 aromatic carbocycles. The van der Waals surface area contributed by atoms with Crippen LogP contribution >= 0.6 is 7.82 Å². The van der Waals surface area contributed by atoms with E-state index in [1.54, 1.807) is 0 Å². The first-order chi connectivity index (χ1) is 39.4. The molecule has 0 saturated carbocycles. The van der Waals surface area contributed by atoms with Crippen molar-refractivity contribution in [3.63, 3.8) is 0 Å². The molecule has 10 heteroatoms. The number of carbonyl (C=O) groups is 2. The molecule has 468 valence electrons. The molecule has 1 amide bonds. The number of nitrogens with one attached hydrogen (secondary N) is 1. The maximum Gasteiger partial charge on any atom is 0.306 e. The minimum atomic E-state index is -4.72. The largest absolute Gasteiger partial charge is 0.756 e. The molecule has 0 bridgehead atoms. The fourth-order valence-electron chi connectivity index (χ4n) is 9.28. The molecule has 3 atom stereocenters. The summed E-state index contributed by atoms with van der Waals surface area (Å²) in [5.74, 6) is -0.570. The van der Waals surface area contributed by atoms with E-state index in [9.17, 15) is 19.0 Å². The third kappa shape index (κ3) is 61.3. The zero-order valence-corrected chi connectivity index (χ0v) is 54.4. The number of rotatable bonds is 60. The second kappa shape index (κ2) is 60.1. The van der Waals surface area contributed by atoms with Crippen LogP contribution in [0.15, 0.2) is 97.2 Å². The summed E-state index contributed by atoms with van der Waals surface area (Å²) >= 11 is 0. The van der Waals surface area contributed by atoms with E-state index in [1.165, 1.54) is 135 Å². The van der Waals surface area contributed by atoms with E-state index in [4.69, 9.17) is 13.8 Å². The minimum Gasteiger partial charge on any atom is -0.756 e. The number of phosphoric acid groups is 1. The lowest BCUT2D eigenvalue weighted by molar-refractivity contribution is -0.870. The zero-order chi connectivity index (χ0) is 59.3. The van der Waals surface area contributed by atoms with E-state index < -0.39 is 26.6 Å². The van der Waals surface area contributed by atoms with Gasteiger partial charge in [0.05, 0.1) is 33.8 Å². The van der Waals surface area contributed by atoms with Crippen molar-refractivity contribution in [1.82, 2.24) is 5.32 Å². The summed E-state index contributed by atoms with van der Waals surface area (Å²) in [6, 6.07) is -0.907. The molecule has 0 radical (unpaired) electrons. The van der Waals surface area contributed by atoms with Gasteiger partial charge in [-0.2, -0.15) is 0 Å². The van der Waals surface area contributed by atoms with Gasteiger partial charge >= 0.3 is 5.97 Å². The Morgan fingerprint density at radius 1 is 0.432 bits per heavy atom. The predicted octanol–water partition coefficient (Wildman–Crippen LogP) is 20.5. The smallest absolute Gasteiger partial charge is 0.306 e. The summed E-state index contributed by atoms with van der Waals surface area (Å²) < 4.78 is 30.4. The molecular formula is C71H127N2O7P. The van der Waals surface area contributed by atoms with Gasteiger partial charge in [0.2, 0.25) is 5.91 Å². The second-order valence-electron chi connectivity index (χ2n) is 23.6. The van der Waals surface area contributed by atoms with Crippen LogP contribution in [0.1, 0.15) is 290 Å². The fraction of sp³-hybridized carbons (Fsp3) is 0.746. The topological polar surface area (TPSA) is 114 Å². The minimum absolute atomic E-state index is 0.0314. The first-order valence-corrected chi connectivity index (χ1v) is 35.0. The van der Waals surface area contributed by atoms with Crippen molar-refractivity contribution >= 4 is 19.7 Å². The van der Waals surface area contributed by atoms with Gasteiger partial charge in [-0.15, -0.1) is 0 Å².